The Kier molecular flexibility index (Phi) is 3.34. The fourth-order valence-electron chi connectivity index (χ4n) is 1.87. The lowest BCUT2D eigenvalue weighted by Crippen LogP contribution is -2.07. The first-order valence-electron chi connectivity index (χ1n) is 6.28. The van der Waals surface area contributed by atoms with Crippen LogP contribution in [0.5, 0.6) is 0 Å². The largest absolute Gasteiger partial charge is 0.391 e. The maximum atomic E-state index is 12.5. The highest BCUT2D eigenvalue weighted by molar-refractivity contribution is 6.11. The van der Waals surface area contributed by atoms with Crippen molar-refractivity contribution in [2.24, 2.45) is 0 Å². The Balaban J connectivity index is 2.06. The van der Waals surface area contributed by atoms with E-state index in [0.29, 0.717) is 11.3 Å². The summed E-state index contributed by atoms with van der Waals surface area (Å²) in [5.41, 5.74) is 13.2. The summed E-state index contributed by atoms with van der Waals surface area (Å²) >= 11 is 0. The molecule has 0 aliphatic carbocycles. The number of nitrogen functional groups attached to an aromatic ring is 2. The smallest absolute Gasteiger partial charge is 0.220 e. The second-order valence-corrected chi connectivity index (χ2v) is 4.36. The molecule has 1 aromatic carbocycles. The molecule has 0 aliphatic rings. The van der Waals surface area contributed by atoms with Crippen LogP contribution in [-0.4, -0.2) is 25.7 Å². The molecule has 7 heteroatoms. The lowest BCUT2D eigenvalue weighted by atomic mass is 10.0. The highest BCUT2D eigenvalue weighted by Crippen LogP contribution is 2.21. The number of carbonyl (C=O) groups excluding carboxylic acids is 1. The van der Waals surface area contributed by atoms with Crippen molar-refractivity contribution < 1.29 is 4.79 Å². The average Bonchev–Trinajstić information content (AvgIpc) is 2.55. The van der Waals surface area contributed by atoms with E-state index in [0.717, 1.165) is 0 Å². The summed E-state index contributed by atoms with van der Waals surface area (Å²) in [5.74, 6) is -0.195. The van der Waals surface area contributed by atoms with Gasteiger partial charge in [0.25, 0.3) is 0 Å². The van der Waals surface area contributed by atoms with Gasteiger partial charge in [0.2, 0.25) is 11.7 Å². The van der Waals surface area contributed by atoms with Crippen LogP contribution in [0.2, 0.25) is 0 Å². The van der Waals surface area contributed by atoms with Crippen LogP contribution in [0.15, 0.2) is 36.9 Å². The number of aromatic nitrogens is 4. The summed E-state index contributed by atoms with van der Waals surface area (Å²) in [6.45, 7) is 0. The number of rotatable bonds is 3. The summed E-state index contributed by atoms with van der Waals surface area (Å²) < 4.78 is 0. The summed E-state index contributed by atoms with van der Waals surface area (Å²) in [6.07, 6.45) is 4.31. The molecule has 0 bridgehead atoms. The van der Waals surface area contributed by atoms with E-state index >= 15 is 0 Å². The number of hydrogen-bond donors (Lipinski definition) is 2. The fourth-order valence-corrected chi connectivity index (χ4v) is 1.87. The molecule has 0 radical (unpaired) electrons. The second-order valence-electron chi connectivity index (χ2n) is 4.36. The van der Waals surface area contributed by atoms with Gasteiger partial charge in [-0.1, -0.05) is 6.07 Å². The minimum Gasteiger partial charge on any atom is -0.391 e. The molecule has 0 saturated heterocycles. The van der Waals surface area contributed by atoms with Crippen LogP contribution < -0.4 is 11.5 Å². The Morgan fingerprint density at radius 3 is 2.68 bits per heavy atom. The van der Waals surface area contributed by atoms with E-state index in [9.17, 15) is 4.79 Å². The highest BCUT2D eigenvalue weighted by atomic mass is 16.1. The van der Waals surface area contributed by atoms with Crippen molar-refractivity contribution in [1.29, 1.82) is 0 Å². The first-order valence-corrected chi connectivity index (χ1v) is 6.28. The maximum Gasteiger partial charge on any atom is 0.220 e. The van der Waals surface area contributed by atoms with Gasteiger partial charge in [-0.15, -0.1) is 0 Å². The molecule has 0 saturated carbocycles. The van der Waals surface area contributed by atoms with Crippen molar-refractivity contribution in [3.8, 4) is 11.3 Å². The third-order valence-electron chi connectivity index (χ3n) is 2.92. The van der Waals surface area contributed by atoms with E-state index in [1.54, 1.807) is 12.1 Å². The molecular formula is C15H10N6O. The quantitative estimate of drug-likeness (QED) is 0.688. The van der Waals surface area contributed by atoms with E-state index in [1.165, 1.54) is 24.8 Å². The van der Waals surface area contributed by atoms with Crippen LogP contribution in [0, 0.1) is 12.1 Å². The van der Waals surface area contributed by atoms with Crippen molar-refractivity contribution in [3.63, 3.8) is 0 Å². The van der Waals surface area contributed by atoms with Crippen molar-refractivity contribution in [3.05, 3.63) is 60.3 Å². The molecule has 0 amide bonds. The Morgan fingerprint density at radius 2 is 1.95 bits per heavy atom. The number of nitrogens with two attached hydrogens (primary N) is 2. The molecule has 7 nitrogen and oxygen atoms in total. The summed E-state index contributed by atoms with van der Waals surface area (Å²) in [7, 11) is 0. The third kappa shape index (κ3) is 2.53. The van der Waals surface area contributed by atoms with Gasteiger partial charge in [-0.2, -0.15) is 0 Å². The molecule has 2 aromatic heterocycles. The van der Waals surface area contributed by atoms with Gasteiger partial charge in [0.05, 0.1) is 22.5 Å². The highest BCUT2D eigenvalue weighted by Gasteiger charge is 2.15. The Labute approximate surface area is 126 Å². The zero-order valence-corrected chi connectivity index (χ0v) is 11.3. The van der Waals surface area contributed by atoms with Crippen LogP contribution in [-0.2, 0) is 0 Å². The Hall–Kier alpha value is -3.53. The van der Waals surface area contributed by atoms with Gasteiger partial charge in [-0.25, -0.2) is 19.9 Å². The molecule has 106 valence electrons. The predicted molar refractivity (Wildman–Crippen MR) is 79.4 cm³/mol. The van der Waals surface area contributed by atoms with Gasteiger partial charge in [0.1, 0.15) is 12.0 Å². The molecule has 3 aromatic rings. The van der Waals surface area contributed by atoms with Gasteiger partial charge in [0.15, 0.2) is 0 Å². The van der Waals surface area contributed by atoms with E-state index in [2.05, 4.69) is 32.1 Å². The molecular weight excluding hydrogens is 280 g/mol. The number of hydrogen-bond acceptors (Lipinski definition) is 7. The standard InChI is InChI=1S/C15H10N6O/c16-11-2-1-9(12-4-6-19-15(17)21-12)7-10(11)14(22)13-3-5-18-8-20-13/h3-8H,16H2,(H2,17,19,21). The van der Waals surface area contributed by atoms with Crippen LogP contribution in [0.1, 0.15) is 16.1 Å². The molecule has 4 N–H and O–H groups in total. The van der Waals surface area contributed by atoms with Crippen molar-refractivity contribution in [1.82, 2.24) is 19.9 Å². The monoisotopic (exact) mass is 290 g/mol. The second kappa shape index (κ2) is 5.46. The number of carbonyl (C=O) groups is 1. The minimum atomic E-state index is -0.326. The molecule has 2 heterocycles. The predicted octanol–water partition coefficient (Wildman–Crippen LogP) is 0.929. The molecule has 0 spiro atoms. The summed E-state index contributed by atoms with van der Waals surface area (Å²) in [4.78, 5) is 28.1. The molecule has 0 unspecified atom stereocenters. The normalized spacial score (nSPS) is 10.0. The lowest BCUT2D eigenvalue weighted by molar-refractivity contribution is 0.103. The molecule has 0 fully saturated rings. The van der Waals surface area contributed by atoms with Crippen molar-refractivity contribution >= 4 is 17.4 Å². The van der Waals surface area contributed by atoms with E-state index < -0.39 is 0 Å². The van der Waals surface area contributed by atoms with E-state index in [4.69, 9.17) is 11.5 Å². The average molecular weight is 290 g/mol. The number of anilines is 2. The first-order chi connectivity index (χ1) is 10.6. The molecule has 0 aliphatic heterocycles. The van der Waals surface area contributed by atoms with Gasteiger partial charge in [0, 0.05) is 12.4 Å². The zero-order valence-electron chi connectivity index (χ0n) is 11.3. The summed E-state index contributed by atoms with van der Waals surface area (Å²) in [5, 5.41) is 0. The Morgan fingerprint density at radius 1 is 1.09 bits per heavy atom. The van der Waals surface area contributed by atoms with Gasteiger partial charge in [-0.3, -0.25) is 4.79 Å². The topological polar surface area (TPSA) is 121 Å². The third-order valence-corrected chi connectivity index (χ3v) is 2.92. The minimum absolute atomic E-state index is 0.131. The Bertz CT molecular complexity index is 834. The van der Waals surface area contributed by atoms with Gasteiger partial charge >= 0.3 is 0 Å². The summed E-state index contributed by atoms with van der Waals surface area (Å²) in [6, 6.07) is 10.3. The van der Waals surface area contributed by atoms with Crippen LogP contribution in [0.4, 0.5) is 11.6 Å². The van der Waals surface area contributed by atoms with E-state index in [-0.39, 0.29) is 28.7 Å². The van der Waals surface area contributed by atoms with Gasteiger partial charge in [-0.05, 0) is 24.3 Å². The number of nitrogens with zero attached hydrogens (tertiary/aromatic N) is 4. The first kappa shape index (κ1) is 13.5. The zero-order chi connectivity index (χ0) is 15.5. The van der Waals surface area contributed by atoms with Crippen LogP contribution >= 0.6 is 0 Å². The lowest BCUT2D eigenvalue weighted by Gasteiger charge is -2.04. The van der Waals surface area contributed by atoms with Gasteiger partial charge < -0.3 is 11.5 Å². The van der Waals surface area contributed by atoms with Crippen LogP contribution in [0.25, 0.3) is 11.3 Å². The van der Waals surface area contributed by atoms with Crippen molar-refractivity contribution in [2.75, 3.05) is 11.5 Å². The van der Waals surface area contributed by atoms with Crippen molar-refractivity contribution in [2.45, 2.75) is 0 Å². The molecule has 3 rings (SSSR count). The van der Waals surface area contributed by atoms with Crippen LogP contribution in [0.3, 0.4) is 0 Å². The number of ketones is 1. The van der Waals surface area contributed by atoms with E-state index in [1.807, 2.05) is 0 Å². The SMILES string of the molecule is Nc1nccc(-c2c#cc(N)c(C(=O)c3ccncn3)c2)n1. The molecule has 0 atom stereocenters. The molecule has 22 heavy (non-hydrogen) atoms. The maximum absolute atomic E-state index is 12.5. The fraction of sp³-hybridized carbons (Fsp3) is 0.